The Kier molecular flexibility index (Phi) is 3.49. The lowest BCUT2D eigenvalue weighted by Gasteiger charge is -2.08. The summed E-state index contributed by atoms with van der Waals surface area (Å²) in [6.07, 6.45) is 3.33. The van der Waals surface area contributed by atoms with Crippen molar-refractivity contribution in [1.82, 2.24) is 24.7 Å². The van der Waals surface area contributed by atoms with E-state index in [1.165, 1.54) is 22.9 Å². The first-order chi connectivity index (χ1) is 10.2. The molecule has 3 aromatic rings. The number of hydrogen-bond donors (Lipinski definition) is 1. The van der Waals surface area contributed by atoms with E-state index in [1.54, 1.807) is 25.5 Å². The molecule has 0 spiro atoms. The predicted molar refractivity (Wildman–Crippen MR) is 76.9 cm³/mol. The molecule has 0 amide bonds. The molecular weight excluding hydrogens is 295 g/mol. The van der Waals surface area contributed by atoms with E-state index in [1.807, 2.05) is 0 Å². The number of nitrogens with one attached hydrogen (secondary N) is 1. The Morgan fingerprint density at radius 3 is 2.76 bits per heavy atom. The second kappa shape index (κ2) is 5.45. The smallest absolute Gasteiger partial charge is 0.255 e. The van der Waals surface area contributed by atoms with E-state index >= 15 is 0 Å². The number of rotatable bonds is 3. The van der Waals surface area contributed by atoms with Crippen LogP contribution in [0.2, 0.25) is 5.02 Å². The zero-order chi connectivity index (χ0) is 14.8. The summed E-state index contributed by atoms with van der Waals surface area (Å²) in [5.41, 5.74) is 0.519. The van der Waals surface area contributed by atoms with Crippen LogP contribution in [0.1, 0.15) is 0 Å². The van der Waals surface area contributed by atoms with E-state index in [2.05, 4.69) is 25.4 Å². The Bertz CT molecular complexity index is 774. The van der Waals surface area contributed by atoms with Crippen molar-refractivity contribution in [1.29, 1.82) is 0 Å². The topological polar surface area (TPSA) is 68.5 Å². The molecule has 0 unspecified atom stereocenters. The van der Waals surface area contributed by atoms with Gasteiger partial charge in [-0.3, -0.25) is 0 Å². The van der Waals surface area contributed by atoms with Crippen LogP contribution in [-0.2, 0) is 0 Å². The Balaban J connectivity index is 2.16. The van der Waals surface area contributed by atoms with Gasteiger partial charge in [0.15, 0.2) is 5.82 Å². The number of nitrogens with zero attached hydrogens (tertiary/aromatic N) is 5. The molecule has 0 bridgehead atoms. The molecule has 0 radical (unpaired) electrons. The van der Waals surface area contributed by atoms with E-state index in [-0.39, 0.29) is 5.02 Å². The number of anilines is 1. The fourth-order valence-electron chi connectivity index (χ4n) is 1.76. The molecule has 0 aliphatic carbocycles. The van der Waals surface area contributed by atoms with E-state index < -0.39 is 5.82 Å². The summed E-state index contributed by atoms with van der Waals surface area (Å²) < 4.78 is 14.7. The second-order valence-electron chi connectivity index (χ2n) is 4.11. The van der Waals surface area contributed by atoms with Crippen molar-refractivity contribution in [2.24, 2.45) is 0 Å². The van der Waals surface area contributed by atoms with Gasteiger partial charge in [0.05, 0.1) is 5.02 Å². The highest BCUT2D eigenvalue weighted by Gasteiger charge is 2.12. The van der Waals surface area contributed by atoms with Crippen molar-refractivity contribution in [3.63, 3.8) is 0 Å². The molecule has 21 heavy (non-hydrogen) atoms. The summed E-state index contributed by atoms with van der Waals surface area (Å²) in [7, 11) is 1.69. The first-order valence-corrected chi connectivity index (χ1v) is 6.44. The van der Waals surface area contributed by atoms with E-state index in [4.69, 9.17) is 11.6 Å². The minimum absolute atomic E-state index is 0.231. The average Bonchev–Trinajstić information content (AvgIpc) is 3.01. The van der Waals surface area contributed by atoms with Gasteiger partial charge < -0.3 is 5.32 Å². The number of halogens is 2. The van der Waals surface area contributed by atoms with E-state index in [0.29, 0.717) is 23.3 Å². The Labute approximate surface area is 124 Å². The molecular formula is C13H10ClFN6. The first kappa shape index (κ1) is 13.4. The summed E-state index contributed by atoms with van der Waals surface area (Å²) >= 11 is 6.05. The molecule has 2 aromatic heterocycles. The molecule has 0 fully saturated rings. The van der Waals surface area contributed by atoms with Crippen LogP contribution >= 0.6 is 11.6 Å². The minimum Gasteiger partial charge on any atom is -0.357 e. The normalized spacial score (nSPS) is 10.6. The van der Waals surface area contributed by atoms with E-state index in [9.17, 15) is 4.39 Å². The van der Waals surface area contributed by atoms with Gasteiger partial charge in [-0.05, 0) is 24.3 Å². The van der Waals surface area contributed by atoms with Gasteiger partial charge in [0.2, 0.25) is 5.95 Å². The molecule has 0 aliphatic heterocycles. The molecule has 1 aromatic carbocycles. The Morgan fingerprint density at radius 2 is 2.10 bits per heavy atom. The highest BCUT2D eigenvalue weighted by Crippen LogP contribution is 2.26. The van der Waals surface area contributed by atoms with Crippen LogP contribution in [0.25, 0.3) is 17.3 Å². The van der Waals surface area contributed by atoms with Gasteiger partial charge in [-0.2, -0.15) is 20.1 Å². The summed E-state index contributed by atoms with van der Waals surface area (Å²) in [6.45, 7) is 0. The van der Waals surface area contributed by atoms with Gasteiger partial charge >= 0.3 is 0 Å². The van der Waals surface area contributed by atoms with Crippen LogP contribution in [0.15, 0.2) is 36.7 Å². The molecule has 1 N–H and O–H groups in total. The number of benzene rings is 1. The predicted octanol–water partition coefficient (Wildman–Crippen LogP) is 2.56. The van der Waals surface area contributed by atoms with Crippen molar-refractivity contribution in [2.75, 3.05) is 12.4 Å². The molecule has 0 saturated heterocycles. The fourth-order valence-corrected chi connectivity index (χ4v) is 2.01. The molecule has 2 heterocycles. The molecule has 106 valence electrons. The van der Waals surface area contributed by atoms with Gasteiger partial charge in [-0.1, -0.05) is 11.6 Å². The highest BCUT2D eigenvalue weighted by molar-refractivity contribution is 6.33. The van der Waals surface area contributed by atoms with Crippen LogP contribution in [0, 0.1) is 5.82 Å². The summed E-state index contributed by atoms with van der Waals surface area (Å²) in [4.78, 5) is 12.8. The lowest BCUT2D eigenvalue weighted by Crippen LogP contribution is -2.08. The van der Waals surface area contributed by atoms with Crippen LogP contribution in [0.3, 0.4) is 0 Å². The zero-order valence-electron chi connectivity index (χ0n) is 11.0. The van der Waals surface area contributed by atoms with Crippen molar-refractivity contribution in [3.05, 3.63) is 47.5 Å². The van der Waals surface area contributed by atoms with Gasteiger partial charge in [0.1, 0.15) is 5.82 Å². The first-order valence-electron chi connectivity index (χ1n) is 6.06. The molecule has 6 nitrogen and oxygen atoms in total. The standard InChI is InChI=1S/C13H10ClFN6/c1-16-12-18-11(9-4-3-8(15)7-10(9)14)19-13(20-12)21-6-2-5-17-21/h2-7H,1H3,(H,16,18,19,20). The summed E-state index contributed by atoms with van der Waals surface area (Å²) in [5, 5.41) is 7.16. The maximum Gasteiger partial charge on any atom is 0.255 e. The van der Waals surface area contributed by atoms with Crippen LogP contribution in [0.5, 0.6) is 0 Å². The van der Waals surface area contributed by atoms with Crippen LogP contribution < -0.4 is 5.32 Å². The second-order valence-corrected chi connectivity index (χ2v) is 4.51. The SMILES string of the molecule is CNc1nc(-c2ccc(F)cc2Cl)nc(-n2cccn2)n1. The maximum atomic E-state index is 13.1. The summed E-state index contributed by atoms with van der Waals surface area (Å²) in [6, 6.07) is 5.80. The Morgan fingerprint density at radius 1 is 1.24 bits per heavy atom. The third kappa shape index (κ3) is 2.68. The molecule has 8 heteroatoms. The van der Waals surface area contributed by atoms with Crippen molar-refractivity contribution < 1.29 is 4.39 Å². The number of hydrogen-bond acceptors (Lipinski definition) is 5. The van der Waals surface area contributed by atoms with Gasteiger partial charge in [0, 0.05) is 25.0 Å². The zero-order valence-corrected chi connectivity index (χ0v) is 11.7. The summed E-state index contributed by atoms with van der Waals surface area (Å²) in [5.74, 6) is 0.629. The van der Waals surface area contributed by atoms with Crippen molar-refractivity contribution in [2.45, 2.75) is 0 Å². The van der Waals surface area contributed by atoms with Crippen molar-refractivity contribution in [3.8, 4) is 17.3 Å². The number of aromatic nitrogens is 5. The van der Waals surface area contributed by atoms with E-state index in [0.717, 1.165) is 0 Å². The highest BCUT2D eigenvalue weighted by atomic mass is 35.5. The minimum atomic E-state index is -0.418. The quantitative estimate of drug-likeness (QED) is 0.805. The molecule has 0 saturated carbocycles. The van der Waals surface area contributed by atoms with Gasteiger partial charge in [-0.15, -0.1) is 0 Å². The monoisotopic (exact) mass is 304 g/mol. The Hall–Kier alpha value is -2.54. The van der Waals surface area contributed by atoms with Crippen LogP contribution in [0.4, 0.5) is 10.3 Å². The molecule has 0 aliphatic rings. The largest absolute Gasteiger partial charge is 0.357 e. The third-order valence-electron chi connectivity index (χ3n) is 2.73. The van der Waals surface area contributed by atoms with Crippen LogP contribution in [-0.4, -0.2) is 31.8 Å². The third-order valence-corrected chi connectivity index (χ3v) is 3.04. The fraction of sp³-hybridized carbons (Fsp3) is 0.0769. The average molecular weight is 305 g/mol. The lowest BCUT2D eigenvalue weighted by molar-refractivity contribution is 0.628. The van der Waals surface area contributed by atoms with Crippen molar-refractivity contribution >= 4 is 17.5 Å². The molecule has 3 rings (SSSR count). The maximum absolute atomic E-state index is 13.1. The van der Waals surface area contributed by atoms with Gasteiger partial charge in [-0.25, -0.2) is 9.07 Å². The van der Waals surface area contributed by atoms with Gasteiger partial charge in [0.25, 0.3) is 5.95 Å². The lowest BCUT2D eigenvalue weighted by atomic mass is 10.2. The molecule has 0 atom stereocenters.